The lowest BCUT2D eigenvalue weighted by molar-refractivity contribution is 0.241. The van der Waals surface area contributed by atoms with Gasteiger partial charge in [-0.05, 0) is 38.5 Å². The predicted octanol–water partition coefficient (Wildman–Crippen LogP) is 2.32. The van der Waals surface area contributed by atoms with Gasteiger partial charge >= 0.3 is 0 Å². The average molecular weight is 199 g/mol. The molecule has 1 saturated carbocycles. The van der Waals surface area contributed by atoms with Crippen LogP contribution in [0.3, 0.4) is 0 Å². The Labute approximate surface area is 88.1 Å². The Morgan fingerprint density at radius 2 is 2.07 bits per heavy atom. The summed E-state index contributed by atoms with van der Waals surface area (Å²) < 4.78 is 0. The molecule has 0 amide bonds. The van der Waals surface area contributed by atoms with E-state index in [9.17, 15) is 0 Å². The first-order valence-electron chi connectivity index (χ1n) is 6.11. The van der Waals surface area contributed by atoms with E-state index >= 15 is 0 Å². The number of aliphatic hydroxyl groups is 1. The van der Waals surface area contributed by atoms with Crippen LogP contribution in [0.25, 0.3) is 0 Å². The summed E-state index contributed by atoms with van der Waals surface area (Å²) in [5.41, 5.74) is 0. The molecule has 2 heteroatoms. The van der Waals surface area contributed by atoms with Crippen molar-refractivity contribution in [2.24, 2.45) is 5.92 Å². The van der Waals surface area contributed by atoms with Crippen LogP contribution < -0.4 is 5.32 Å². The van der Waals surface area contributed by atoms with E-state index in [1.807, 2.05) is 0 Å². The molecular formula is C12H25NO. The minimum atomic E-state index is 0.326. The molecule has 14 heavy (non-hydrogen) atoms. The molecule has 0 unspecified atom stereocenters. The smallest absolute Gasteiger partial charge is 0.0431 e. The Morgan fingerprint density at radius 3 is 2.71 bits per heavy atom. The Morgan fingerprint density at radius 1 is 1.36 bits per heavy atom. The Bertz CT molecular complexity index is 149. The molecule has 0 saturated heterocycles. The lowest BCUT2D eigenvalue weighted by Crippen LogP contribution is -2.42. The van der Waals surface area contributed by atoms with Crippen LogP contribution in [0.1, 0.15) is 52.4 Å². The van der Waals surface area contributed by atoms with E-state index in [-0.39, 0.29) is 0 Å². The maximum Gasteiger partial charge on any atom is 0.0431 e. The maximum absolute atomic E-state index is 8.75. The minimum absolute atomic E-state index is 0.326. The fourth-order valence-electron chi connectivity index (χ4n) is 2.41. The van der Waals surface area contributed by atoms with Crippen LogP contribution in [0, 0.1) is 5.92 Å². The normalized spacial score (nSPS) is 30.2. The van der Waals surface area contributed by atoms with Gasteiger partial charge in [0.25, 0.3) is 0 Å². The summed E-state index contributed by atoms with van der Waals surface area (Å²) in [5, 5.41) is 12.4. The summed E-state index contributed by atoms with van der Waals surface area (Å²) in [6, 6.07) is 1.28. The largest absolute Gasteiger partial charge is 0.396 e. The topological polar surface area (TPSA) is 32.3 Å². The summed E-state index contributed by atoms with van der Waals surface area (Å²) >= 11 is 0. The van der Waals surface area contributed by atoms with Crippen LogP contribution in [0.15, 0.2) is 0 Å². The van der Waals surface area contributed by atoms with Crippen LogP contribution in [0.2, 0.25) is 0 Å². The lowest BCUT2D eigenvalue weighted by atomic mass is 9.85. The monoisotopic (exact) mass is 199 g/mol. The van der Waals surface area contributed by atoms with Gasteiger partial charge in [0, 0.05) is 18.7 Å². The average Bonchev–Trinajstić information content (AvgIpc) is 2.18. The molecule has 0 spiro atoms. The molecule has 1 aliphatic rings. The molecule has 1 rings (SSSR count). The van der Waals surface area contributed by atoms with Gasteiger partial charge in [-0.1, -0.05) is 19.8 Å². The minimum Gasteiger partial charge on any atom is -0.396 e. The lowest BCUT2D eigenvalue weighted by Gasteiger charge is -2.32. The van der Waals surface area contributed by atoms with Crippen LogP contribution in [0.5, 0.6) is 0 Å². The third-order valence-electron chi connectivity index (χ3n) is 3.41. The van der Waals surface area contributed by atoms with Gasteiger partial charge in [-0.25, -0.2) is 0 Å². The van der Waals surface area contributed by atoms with Gasteiger partial charge in [0.1, 0.15) is 0 Å². The molecule has 84 valence electrons. The van der Waals surface area contributed by atoms with E-state index in [1.54, 1.807) is 0 Å². The molecule has 2 nitrogen and oxygen atoms in total. The second kappa shape index (κ2) is 6.41. The van der Waals surface area contributed by atoms with Crippen LogP contribution in [-0.4, -0.2) is 23.8 Å². The molecular weight excluding hydrogens is 174 g/mol. The van der Waals surface area contributed by atoms with Crippen molar-refractivity contribution in [1.29, 1.82) is 0 Å². The van der Waals surface area contributed by atoms with E-state index in [4.69, 9.17) is 5.11 Å². The van der Waals surface area contributed by atoms with Crippen molar-refractivity contribution in [3.63, 3.8) is 0 Å². The zero-order valence-corrected chi connectivity index (χ0v) is 9.63. The molecule has 0 aromatic rings. The van der Waals surface area contributed by atoms with Crippen molar-refractivity contribution >= 4 is 0 Å². The molecule has 3 atom stereocenters. The number of hydrogen-bond donors (Lipinski definition) is 2. The third kappa shape index (κ3) is 3.97. The van der Waals surface area contributed by atoms with Crippen molar-refractivity contribution in [3.05, 3.63) is 0 Å². The van der Waals surface area contributed by atoms with Crippen LogP contribution in [-0.2, 0) is 0 Å². The zero-order chi connectivity index (χ0) is 10.4. The van der Waals surface area contributed by atoms with Crippen LogP contribution in [0.4, 0.5) is 0 Å². The standard InChI is InChI=1S/C12H25NO/c1-10-6-3-4-8-12(10)13-11(2)7-5-9-14/h10-14H,3-9H2,1-2H3/t10-,11+,12+/m0/s1. The van der Waals surface area contributed by atoms with Crippen molar-refractivity contribution in [2.45, 2.75) is 64.5 Å². The predicted molar refractivity (Wildman–Crippen MR) is 60.3 cm³/mol. The molecule has 0 aromatic heterocycles. The van der Waals surface area contributed by atoms with E-state index in [0.717, 1.165) is 24.8 Å². The van der Waals surface area contributed by atoms with Gasteiger partial charge in [-0.2, -0.15) is 0 Å². The summed E-state index contributed by atoms with van der Waals surface area (Å²) in [6.07, 6.45) is 7.53. The fraction of sp³-hybridized carbons (Fsp3) is 1.00. The highest BCUT2D eigenvalue weighted by atomic mass is 16.2. The summed E-state index contributed by atoms with van der Waals surface area (Å²) in [6.45, 7) is 4.92. The summed E-state index contributed by atoms with van der Waals surface area (Å²) in [5.74, 6) is 0.834. The molecule has 0 bridgehead atoms. The number of nitrogens with one attached hydrogen (secondary N) is 1. The van der Waals surface area contributed by atoms with Gasteiger partial charge in [-0.15, -0.1) is 0 Å². The second-order valence-electron chi connectivity index (χ2n) is 4.80. The molecule has 1 fully saturated rings. The summed E-state index contributed by atoms with van der Waals surface area (Å²) in [4.78, 5) is 0. The van der Waals surface area contributed by atoms with Crippen molar-refractivity contribution in [3.8, 4) is 0 Å². The molecule has 0 aliphatic heterocycles. The molecule has 0 radical (unpaired) electrons. The third-order valence-corrected chi connectivity index (χ3v) is 3.41. The van der Waals surface area contributed by atoms with E-state index < -0.39 is 0 Å². The van der Waals surface area contributed by atoms with E-state index in [2.05, 4.69) is 19.2 Å². The van der Waals surface area contributed by atoms with Crippen molar-refractivity contribution in [2.75, 3.05) is 6.61 Å². The van der Waals surface area contributed by atoms with Gasteiger partial charge < -0.3 is 10.4 Å². The van der Waals surface area contributed by atoms with E-state index in [0.29, 0.717) is 12.6 Å². The Balaban J connectivity index is 2.20. The van der Waals surface area contributed by atoms with Gasteiger partial charge in [0.2, 0.25) is 0 Å². The number of aliphatic hydroxyl groups excluding tert-OH is 1. The summed E-state index contributed by atoms with van der Waals surface area (Å²) in [7, 11) is 0. The maximum atomic E-state index is 8.75. The molecule has 0 heterocycles. The van der Waals surface area contributed by atoms with Crippen molar-refractivity contribution in [1.82, 2.24) is 5.32 Å². The second-order valence-corrected chi connectivity index (χ2v) is 4.80. The Kier molecular flexibility index (Phi) is 5.49. The first kappa shape index (κ1) is 12.0. The van der Waals surface area contributed by atoms with Crippen molar-refractivity contribution < 1.29 is 5.11 Å². The van der Waals surface area contributed by atoms with Gasteiger partial charge in [0.05, 0.1) is 0 Å². The fourth-order valence-corrected chi connectivity index (χ4v) is 2.41. The van der Waals surface area contributed by atoms with Gasteiger partial charge in [0.15, 0.2) is 0 Å². The number of hydrogen-bond acceptors (Lipinski definition) is 2. The molecule has 2 N–H and O–H groups in total. The van der Waals surface area contributed by atoms with E-state index in [1.165, 1.54) is 25.7 Å². The SMILES string of the molecule is C[C@H](CCCO)N[C@@H]1CCCC[C@@H]1C. The van der Waals surface area contributed by atoms with Gasteiger partial charge in [-0.3, -0.25) is 0 Å². The molecule has 0 aromatic carbocycles. The zero-order valence-electron chi connectivity index (χ0n) is 9.63. The van der Waals surface area contributed by atoms with Crippen LogP contribution >= 0.6 is 0 Å². The quantitative estimate of drug-likeness (QED) is 0.712. The first-order chi connectivity index (χ1) is 6.74. The highest BCUT2D eigenvalue weighted by Crippen LogP contribution is 2.24. The first-order valence-corrected chi connectivity index (χ1v) is 6.11. The number of rotatable bonds is 5. The molecule has 1 aliphatic carbocycles. The highest BCUT2D eigenvalue weighted by Gasteiger charge is 2.21. The Hall–Kier alpha value is -0.0800. The highest BCUT2D eigenvalue weighted by molar-refractivity contribution is 4.80.